The molecule has 1 saturated heterocycles. The zero-order valence-electron chi connectivity index (χ0n) is 13.0. The van der Waals surface area contributed by atoms with E-state index in [-0.39, 0.29) is 5.91 Å². The van der Waals surface area contributed by atoms with Gasteiger partial charge in [0.25, 0.3) is 5.91 Å². The summed E-state index contributed by atoms with van der Waals surface area (Å²) >= 11 is 0. The highest BCUT2D eigenvalue weighted by Gasteiger charge is 2.19. The van der Waals surface area contributed by atoms with Crippen molar-refractivity contribution in [3.8, 4) is 0 Å². The van der Waals surface area contributed by atoms with Gasteiger partial charge in [-0.25, -0.2) is 4.98 Å². The summed E-state index contributed by atoms with van der Waals surface area (Å²) in [6.45, 7) is 5.32. The number of ether oxygens (including phenoxy) is 1. The van der Waals surface area contributed by atoms with Gasteiger partial charge in [-0.2, -0.15) is 0 Å². The van der Waals surface area contributed by atoms with E-state index in [0.717, 1.165) is 51.4 Å². The summed E-state index contributed by atoms with van der Waals surface area (Å²) in [6, 6.07) is 3.60. The molecule has 2 heterocycles. The fourth-order valence-electron chi connectivity index (χ4n) is 2.56. The minimum atomic E-state index is 0.0440. The largest absolute Gasteiger partial charge is 0.381 e. The second kappa shape index (κ2) is 7.98. The zero-order chi connectivity index (χ0) is 15.1. The van der Waals surface area contributed by atoms with Crippen LogP contribution in [0.4, 0.5) is 5.82 Å². The molecule has 1 aromatic rings. The van der Waals surface area contributed by atoms with Crippen LogP contribution in [-0.4, -0.2) is 49.1 Å². The highest BCUT2D eigenvalue weighted by molar-refractivity contribution is 5.94. The minimum absolute atomic E-state index is 0.0440. The Morgan fingerprint density at radius 3 is 3.14 bits per heavy atom. The van der Waals surface area contributed by atoms with Gasteiger partial charge in [-0.1, -0.05) is 6.92 Å². The molecular weight excluding hydrogens is 266 g/mol. The van der Waals surface area contributed by atoms with E-state index in [2.05, 4.69) is 17.2 Å². The maximum absolute atomic E-state index is 12.5. The number of amides is 1. The maximum Gasteiger partial charge on any atom is 0.253 e. The normalized spacial score (nSPS) is 18.3. The molecule has 116 valence electrons. The van der Waals surface area contributed by atoms with Crippen molar-refractivity contribution in [3.05, 3.63) is 23.9 Å². The lowest BCUT2D eigenvalue weighted by Crippen LogP contribution is -2.35. The Bertz CT molecular complexity index is 459. The number of nitrogens with zero attached hydrogens (tertiary/aromatic N) is 2. The third-order valence-corrected chi connectivity index (χ3v) is 3.70. The Kier molecular flexibility index (Phi) is 5.99. The molecule has 5 nitrogen and oxygen atoms in total. The molecule has 0 aromatic carbocycles. The number of aromatic nitrogens is 1. The molecule has 1 unspecified atom stereocenters. The topological polar surface area (TPSA) is 54.5 Å². The van der Waals surface area contributed by atoms with Gasteiger partial charge in [0.2, 0.25) is 0 Å². The number of carbonyl (C=O) groups excluding carboxylic acids is 1. The van der Waals surface area contributed by atoms with Crippen molar-refractivity contribution >= 4 is 11.7 Å². The quantitative estimate of drug-likeness (QED) is 0.874. The third kappa shape index (κ3) is 4.70. The van der Waals surface area contributed by atoms with Crippen molar-refractivity contribution in [1.29, 1.82) is 0 Å². The number of hydrogen-bond acceptors (Lipinski definition) is 4. The molecule has 5 heteroatoms. The van der Waals surface area contributed by atoms with E-state index in [1.54, 1.807) is 17.2 Å². The molecular formula is C16H25N3O2. The molecule has 0 bridgehead atoms. The average molecular weight is 291 g/mol. The fraction of sp³-hybridized carbons (Fsp3) is 0.625. The second-order valence-electron chi connectivity index (χ2n) is 5.63. The number of hydrogen-bond donors (Lipinski definition) is 1. The first-order valence-corrected chi connectivity index (χ1v) is 7.74. The van der Waals surface area contributed by atoms with E-state index >= 15 is 0 Å². The van der Waals surface area contributed by atoms with Crippen LogP contribution in [-0.2, 0) is 4.74 Å². The van der Waals surface area contributed by atoms with Crippen LogP contribution in [0.2, 0.25) is 0 Å². The smallest absolute Gasteiger partial charge is 0.253 e. The third-order valence-electron chi connectivity index (χ3n) is 3.70. The number of rotatable bonds is 6. The number of anilines is 1. The Hall–Kier alpha value is -1.62. The van der Waals surface area contributed by atoms with Crippen LogP contribution < -0.4 is 5.32 Å². The summed E-state index contributed by atoms with van der Waals surface area (Å²) < 4.78 is 5.47. The van der Waals surface area contributed by atoms with Crippen molar-refractivity contribution in [1.82, 2.24) is 9.88 Å². The molecule has 2 rings (SSSR count). The van der Waals surface area contributed by atoms with Gasteiger partial charge in [-0.3, -0.25) is 4.79 Å². The van der Waals surface area contributed by atoms with Gasteiger partial charge in [0, 0.05) is 38.5 Å². The Morgan fingerprint density at radius 2 is 2.43 bits per heavy atom. The van der Waals surface area contributed by atoms with Crippen LogP contribution in [0, 0.1) is 5.92 Å². The Labute approximate surface area is 126 Å². The zero-order valence-corrected chi connectivity index (χ0v) is 13.0. The molecule has 1 fully saturated rings. The summed E-state index contributed by atoms with van der Waals surface area (Å²) in [4.78, 5) is 18.5. The molecule has 0 spiro atoms. The molecule has 0 saturated carbocycles. The monoisotopic (exact) mass is 291 g/mol. The molecule has 1 amide bonds. The molecule has 0 aliphatic carbocycles. The van der Waals surface area contributed by atoms with E-state index in [1.165, 1.54) is 0 Å². The Morgan fingerprint density at radius 1 is 1.57 bits per heavy atom. The van der Waals surface area contributed by atoms with Crippen molar-refractivity contribution in [2.75, 3.05) is 38.7 Å². The molecule has 0 radical (unpaired) electrons. The lowest BCUT2D eigenvalue weighted by molar-refractivity contribution is 0.0388. The lowest BCUT2D eigenvalue weighted by Gasteiger charge is -2.27. The molecule has 1 atom stereocenters. The average Bonchev–Trinajstić information content (AvgIpc) is 2.53. The Balaban J connectivity index is 1.94. The summed E-state index contributed by atoms with van der Waals surface area (Å²) in [5, 5.41) is 3.21. The van der Waals surface area contributed by atoms with Gasteiger partial charge in [0.1, 0.15) is 5.82 Å². The van der Waals surface area contributed by atoms with Crippen LogP contribution in [0.15, 0.2) is 18.3 Å². The second-order valence-corrected chi connectivity index (χ2v) is 5.63. The van der Waals surface area contributed by atoms with Gasteiger partial charge < -0.3 is 15.0 Å². The SMILES string of the molecule is CCCNc1cc(C(=O)N(C)CC2CCCOC2)ccn1. The van der Waals surface area contributed by atoms with Crippen LogP contribution in [0.25, 0.3) is 0 Å². The van der Waals surface area contributed by atoms with Crippen molar-refractivity contribution in [3.63, 3.8) is 0 Å². The standard InChI is InChI=1S/C16H25N3O2/c1-3-7-17-15-10-14(6-8-18-15)16(20)19(2)11-13-5-4-9-21-12-13/h6,8,10,13H,3-5,7,9,11-12H2,1-2H3,(H,17,18). The van der Waals surface area contributed by atoms with E-state index in [4.69, 9.17) is 4.74 Å². The predicted octanol–water partition coefficient (Wildman–Crippen LogP) is 2.40. The highest BCUT2D eigenvalue weighted by atomic mass is 16.5. The number of nitrogens with one attached hydrogen (secondary N) is 1. The first kappa shape index (κ1) is 15.8. The van der Waals surface area contributed by atoms with Gasteiger partial charge in [-0.05, 0) is 37.3 Å². The van der Waals surface area contributed by atoms with Crippen molar-refractivity contribution in [2.45, 2.75) is 26.2 Å². The number of pyridine rings is 1. The fourth-order valence-corrected chi connectivity index (χ4v) is 2.56. The summed E-state index contributed by atoms with van der Waals surface area (Å²) in [7, 11) is 1.86. The van der Waals surface area contributed by atoms with Gasteiger partial charge in [0.15, 0.2) is 0 Å². The van der Waals surface area contributed by atoms with Crippen LogP contribution >= 0.6 is 0 Å². The predicted molar refractivity (Wildman–Crippen MR) is 83.5 cm³/mol. The molecule has 1 aliphatic heterocycles. The summed E-state index contributed by atoms with van der Waals surface area (Å²) in [5.41, 5.74) is 0.683. The van der Waals surface area contributed by atoms with Crippen LogP contribution in [0.1, 0.15) is 36.5 Å². The molecule has 1 N–H and O–H groups in total. The van der Waals surface area contributed by atoms with E-state index in [1.807, 2.05) is 13.1 Å². The van der Waals surface area contributed by atoms with E-state index in [9.17, 15) is 4.79 Å². The van der Waals surface area contributed by atoms with Crippen LogP contribution in [0.3, 0.4) is 0 Å². The number of carbonyl (C=O) groups is 1. The lowest BCUT2D eigenvalue weighted by atomic mass is 10.0. The maximum atomic E-state index is 12.5. The van der Waals surface area contributed by atoms with Crippen molar-refractivity contribution < 1.29 is 9.53 Å². The van der Waals surface area contributed by atoms with Crippen LogP contribution in [0.5, 0.6) is 0 Å². The minimum Gasteiger partial charge on any atom is -0.381 e. The van der Waals surface area contributed by atoms with E-state index in [0.29, 0.717) is 11.5 Å². The highest BCUT2D eigenvalue weighted by Crippen LogP contribution is 2.16. The van der Waals surface area contributed by atoms with Gasteiger partial charge >= 0.3 is 0 Å². The molecule has 1 aliphatic rings. The van der Waals surface area contributed by atoms with Gasteiger partial charge in [0.05, 0.1) is 6.61 Å². The molecule has 21 heavy (non-hydrogen) atoms. The van der Waals surface area contributed by atoms with E-state index < -0.39 is 0 Å². The first-order valence-electron chi connectivity index (χ1n) is 7.74. The first-order chi connectivity index (χ1) is 10.2. The summed E-state index contributed by atoms with van der Waals surface area (Å²) in [6.07, 6.45) is 4.94. The van der Waals surface area contributed by atoms with Crippen molar-refractivity contribution in [2.24, 2.45) is 5.92 Å². The van der Waals surface area contributed by atoms with Gasteiger partial charge in [-0.15, -0.1) is 0 Å². The summed E-state index contributed by atoms with van der Waals surface area (Å²) in [5.74, 6) is 1.26. The molecule has 1 aromatic heterocycles.